The topological polar surface area (TPSA) is 80.1 Å². The van der Waals surface area contributed by atoms with Gasteiger partial charge in [-0.1, -0.05) is 30.3 Å². The summed E-state index contributed by atoms with van der Waals surface area (Å²) in [7, 11) is 0. The zero-order valence-electron chi connectivity index (χ0n) is 13.0. The molecule has 6 nitrogen and oxygen atoms in total. The van der Waals surface area contributed by atoms with Crippen LogP contribution in [0.2, 0.25) is 0 Å². The molecule has 0 aliphatic heterocycles. The molecule has 0 atom stereocenters. The molecular formula is C18H17N3O3. The van der Waals surface area contributed by atoms with E-state index in [1.807, 2.05) is 30.3 Å². The van der Waals surface area contributed by atoms with Crippen molar-refractivity contribution in [1.29, 1.82) is 0 Å². The summed E-state index contributed by atoms with van der Waals surface area (Å²) in [5, 5.41) is 18.1. The number of nitrogens with zero attached hydrogens (tertiary/aromatic N) is 3. The van der Waals surface area contributed by atoms with Crippen molar-refractivity contribution in [2.24, 2.45) is 10.2 Å². The van der Waals surface area contributed by atoms with Gasteiger partial charge < -0.3 is 14.1 Å². The van der Waals surface area contributed by atoms with Crippen LogP contribution in [0.5, 0.6) is 5.75 Å². The highest BCUT2D eigenvalue weighted by Gasteiger charge is 2.08. The number of hydrogen-bond donors (Lipinski definition) is 1. The van der Waals surface area contributed by atoms with Crippen LogP contribution in [0.3, 0.4) is 0 Å². The van der Waals surface area contributed by atoms with Crippen LogP contribution in [0, 0.1) is 0 Å². The van der Waals surface area contributed by atoms with E-state index in [2.05, 4.69) is 10.2 Å². The van der Waals surface area contributed by atoms with Crippen LogP contribution in [-0.2, 0) is 19.6 Å². The van der Waals surface area contributed by atoms with E-state index in [4.69, 9.17) is 4.42 Å². The van der Waals surface area contributed by atoms with Gasteiger partial charge in [-0.25, -0.2) is 0 Å². The third kappa shape index (κ3) is 3.78. The molecule has 0 saturated heterocycles. The minimum Gasteiger partial charge on any atom is -0.503 e. The standard InChI is InChI=1S/C18H17N3O3/c22-17-15(11-19-20-12-16-7-4-10-24-16)8-9-21(18(17)23)13-14-5-2-1-3-6-14/h1-10,22H,11-13H2. The van der Waals surface area contributed by atoms with Crippen molar-refractivity contribution >= 4 is 0 Å². The third-order valence-corrected chi connectivity index (χ3v) is 3.57. The van der Waals surface area contributed by atoms with Crippen LogP contribution in [-0.4, -0.2) is 9.67 Å². The summed E-state index contributed by atoms with van der Waals surface area (Å²) in [4.78, 5) is 12.2. The Morgan fingerprint density at radius 3 is 2.54 bits per heavy atom. The van der Waals surface area contributed by atoms with Gasteiger partial charge in [0.15, 0.2) is 5.75 Å². The number of pyridine rings is 1. The Balaban J connectivity index is 1.68. The van der Waals surface area contributed by atoms with Crippen molar-refractivity contribution in [2.75, 3.05) is 0 Å². The molecule has 0 bridgehead atoms. The van der Waals surface area contributed by atoms with Gasteiger partial charge in [-0.05, 0) is 23.8 Å². The number of azo groups is 1. The first kappa shape index (κ1) is 15.7. The minimum atomic E-state index is -0.433. The van der Waals surface area contributed by atoms with Crippen molar-refractivity contribution in [2.45, 2.75) is 19.6 Å². The number of hydrogen-bond acceptors (Lipinski definition) is 5. The van der Waals surface area contributed by atoms with Crippen LogP contribution in [0.4, 0.5) is 0 Å². The molecule has 1 N–H and O–H groups in total. The van der Waals surface area contributed by atoms with Crippen LogP contribution in [0.15, 0.2) is 80.4 Å². The maximum absolute atomic E-state index is 12.2. The van der Waals surface area contributed by atoms with Crippen LogP contribution in [0.1, 0.15) is 16.9 Å². The molecule has 24 heavy (non-hydrogen) atoms. The smallest absolute Gasteiger partial charge is 0.293 e. The molecule has 3 rings (SSSR count). The molecule has 0 aliphatic rings. The fourth-order valence-electron chi connectivity index (χ4n) is 2.28. The van der Waals surface area contributed by atoms with E-state index in [1.54, 1.807) is 30.7 Å². The van der Waals surface area contributed by atoms with Gasteiger partial charge in [-0.15, -0.1) is 0 Å². The van der Waals surface area contributed by atoms with E-state index in [1.165, 1.54) is 4.57 Å². The van der Waals surface area contributed by atoms with E-state index in [0.29, 0.717) is 24.4 Å². The first-order valence-electron chi connectivity index (χ1n) is 7.55. The van der Waals surface area contributed by atoms with Gasteiger partial charge >= 0.3 is 0 Å². The summed E-state index contributed by atoms with van der Waals surface area (Å²) in [5.74, 6) is 0.423. The van der Waals surface area contributed by atoms with Crippen molar-refractivity contribution in [1.82, 2.24) is 4.57 Å². The van der Waals surface area contributed by atoms with Crippen LogP contribution in [0.25, 0.3) is 0 Å². The largest absolute Gasteiger partial charge is 0.503 e. The number of furan rings is 1. The lowest BCUT2D eigenvalue weighted by molar-refractivity contribution is 0.451. The SMILES string of the molecule is O=c1c(O)c(CN=NCc2ccco2)ccn1Cc1ccccc1. The van der Waals surface area contributed by atoms with Gasteiger partial charge in [0, 0.05) is 11.8 Å². The lowest BCUT2D eigenvalue weighted by Gasteiger charge is -2.08. The Hall–Kier alpha value is -3.15. The lowest BCUT2D eigenvalue weighted by Crippen LogP contribution is -2.20. The second-order valence-corrected chi connectivity index (χ2v) is 5.29. The molecular weight excluding hydrogens is 306 g/mol. The lowest BCUT2D eigenvalue weighted by atomic mass is 10.2. The molecule has 0 unspecified atom stereocenters. The number of aromatic nitrogens is 1. The first-order valence-corrected chi connectivity index (χ1v) is 7.55. The number of aromatic hydroxyl groups is 1. The maximum atomic E-state index is 12.2. The molecule has 6 heteroatoms. The fourth-order valence-corrected chi connectivity index (χ4v) is 2.28. The summed E-state index contributed by atoms with van der Waals surface area (Å²) in [6, 6.07) is 14.9. The molecule has 2 aromatic heterocycles. The van der Waals surface area contributed by atoms with Crippen molar-refractivity contribution in [3.8, 4) is 5.75 Å². The van der Waals surface area contributed by atoms with Gasteiger partial charge in [-0.3, -0.25) is 4.79 Å². The fraction of sp³-hybridized carbons (Fsp3) is 0.167. The molecule has 3 aromatic rings. The normalized spacial score (nSPS) is 11.2. The van der Waals surface area contributed by atoms with Gasteiger partial charge in [-0.2, -0.15) is 10.2 Å². The second kappa shape index (κ2) is 7.41. The van der Waals surface area contributed by atoms with Crippen LogP contribution < -0.4 is 5.56 Å². The highest BCUT2D eigenvalue weighted by Crippen LogP contribution is 2.13. The molecule has 2 heterocycles. The highest BCUT2D eigenvalue weighted by molar-refractivity contribution is 5.29. The Morgan fingerprint density at radius 2 is 1.79 bits per heavy atom. The predicted molar refractivity (Wildman–Crippen MR) is 88.9 cm³/mol. The van der Waals surface area contributed by atoms with Crippen molar-refractivity contribution < 1.29 is 9.52 Å². The molecule has 1 aromatic carbocycles. The Labute approximate surface area is 138 Å². The van der Waals surface area contributed by atoms with E-state index in [0.717, 1.165) is 5.56 Å². The summed E-state index contributed by atoms with van der Waals surface area (Å²) >= 11 is 0. The quantitative estimate of drug-likeness (QED) is 0.706. The predicted octanol–water partition coefficient (Wildman–Crippen LogP) is 3.35. The Morgan fingerprint density at radius 1 is 1.00 bits per heavy atom. The summed E-state index contributed by atoms with van der Waals surface area (Å²) < 4.78 is 6.61. The monoisotopic (exact) mass is 323 g/mol. The molecule has 0 aliphatic carbocycles. The number of benzene rings is 1. The summed E-state index contributed by atoms with van der Waals surface area (Å²) in [6.45, 7) is 0.889. The Kier molecular flexibility index (Phi) is 4.86. The zero-order valence-corrected chi connectivity index (χ0v) is 13.0. The highest BCUT2D eigenvalue weighted by atomic mass is 16.3. The summed E-state index contributed by atoms with van der Waals surface area (Å²) in [6.07, 6.45) is 3.23. The molecule has 0 saturated carbocycles. The molecule has 0 fully saturated rings. The molecule has 122 valence electrons. The zero-order chi connectivity index (χ0) is 16.8. The maximum Gasteiger partial charge on any atom is 0.293 e. The van der Waals surface area contributed by atoms with E-state index in [-0.39, 0.29) is 12.3 Å². The van der Waals surface area contributed by atoms with E-state index >= 15 is 0 Å². The average molecular weight is 323 g/mol. The van der Waals surface area contributed by atoms with Crippen LogP contribution >= 0.6 is 0 Å². The molecule has 0 spiro atoms. The van der Waals surface area contributed by atoms with E-state index in [9.17, 15) is 9.90 Å². The second-order valence-electron chi connectivity index (χ2n) is 5.29. The molecule has 0 radical (unpaired) electrons. The van der Waals surface area contributed by atoms with Gasteiger partial charge in [0.1, 0.15) is 12.3 Å². The van der Waals surface area contributed by atoms with Gasteiger partial charge in [0.05, 0.1) is 19.4 Å². The molecule has 0 amide bonds. The van der Waals surface area contributed by atoms with Crippen molar-refractivity contribution in [3.05, 3.63) is 88.2 Å². The average Bonchev–Trinajstić information content (AvgIpc) is 3.12. The summed E-state index contributed by atoms with van der Waals surface area (Å²) in [5.41, 5.74) is 1.01. The minimum absolute atomic E-state index is 0.147. The Bertz CT molecular complexity index is 868. The van der Waals surface area contributed by atoms with Gasteiger partial charge in [0.2, 0.25) is 0 Å². The van der Waals surface area contributed by atoms with Crippen molar-refractivity contribution in [3.63, 3.8) is 0 Å². The third-order valence-electron chi connectivity index (χ3n) is 3.57. The van der Waals surface area contributed by atoms with E-state index < -0.39 is 5.56 Å². The number of rotatable bonds is 6. The first-order chi connectivity index (χ1) is 11.7. The van der Waals surface area contributed by atoms with Gasteiger partial charge in [0.25, 0.3) is 5.56 Å².